The maximum Gasteiger partial charge on any atom is 0.258 e. The second-order valence-electron chi connectivity index (χ2n) is 13.8. The molecule has 1 fully saturated rings. The van der Waals surface area contributed by atoms with Gasteiger partial charge in [0.1, 0.15) is 0 Å². The molecule has 2 aliphatic rings. The third-order valence-electron chi connectivity index (χ3n) is 9.72. The number of ketones is 1. The molecule has 1 aliphatic carbocycles. The largest absolute Gasteiger partial charge is 0.493 e. The lowest BCUT2D eigenvalue weighted by Gasteiger charge is -2.22. The van der Waals surface area contributed by atoms with Crippen LogP contribution in [0.1, 0.15) is 90.3 Å². The third kappa shape index (κ3) is 10.7. The number of hydrogen-bond donors (Lipinski definition) is 1. The highest BCUT2D eigenvalue weighted by molar-refractivity contribution is 5.98. The average Bonchev–Trinajstić information content (AvgIpc) is 3.92. The van der Waals surface area contributed by atoms with E-state index in [0.717, 1.165) is 29.7 Å². The van der Waals surface area contributed by atoms with Gasteiger partial charge in [-0.3, -0.25) is 9.59 Å². The Labute approximate surface area is 316 Å². The lowest BCUT2D eigenvalue weighted by Crippen LogP contribution is -2.31. The Morgan fingerprint density at radius 1 is 0.906 bits per heavy atom. The molecule has 1 heterocycles. The van der Waals surface area contributed by atoms with Crippen LogP contribution in [-0.2, 0) is 0 Å². The van der Waals surface area contributed by atoms with Crippen LogP contribution in [0.2, 0.25) is 0 Å². The Hall–Kier alpha value is -5.24. The molecule has 1 amide bonds. The van der Waals surface area contributed by atoms with Crippen LogP contribution < -0.4 is 24.7 Å². The molecule has 1 aliphatic heterocycles. The fraction of sp³-hybridized carbons (Fsp3) is 0.378. The summed E-state index contributed by atoms with van der Waals surface area (Å²) in [7, 11) is 3.12. The van der Waals surface area contributed by atoms with E-state index in [1.54, 1.807) is 31.3 Å². The van der Waals surface area contributed by atoms with E-state index in [9.17, 15) is 9.59 Å². The predicted molar refractivity (Wildman–Crippen MR) is 215 cm³/mol. The van der Waals surface area contributed by atoms with Crippen LogP contribution >= 0.6 is 0 Å². The second-order valence-corrected chi connectivity index (χ2v) is 13.8. The minimum atomic E-state index is -0.0543. The van der Waals surface area contributed by atoms with Crippen molar-refractivity contribution in [2.45, 2.75) is 72.8 Å². The molecule has 53 heavy (non-hydrogen) atoms. The van der Waals surface area contributed by atoms with Crippen molar-refractivity contribution in [2.24, 2.45) is 11.8 Å². The molecule has 2 atom stereocenters. The van der Waals surface area contributed by atoms with Crippen LogP contribution in [-0.4, -0.2) is 50.1 Å². The highest BCUT2D eigenvalue weighted by Crippen LogP contribution is 2.43. The zero-order chi connectivity index (χ0) is 38.7. The number of anilines is 1. The van der Waals surface area contributed by atoms with Gasteiger partial charge in [-0.05, 0) is 129 Å². The Morgan fingerprint density at radius 3 is 1.96 bits per heavy atom. The zero-order valence-corrected chi connectivity index (χ0v) is 32.5. The number of rotatable bonds is 16. The van der Waals surface area contributed by atoms with E-state index < -0.39 is 0 Å². The van der Waals surface area contributed by atoms with Gasteiger partial charge in [0.2, 0.25) is 0 Å². The van der Waals surface area contributed by atoms with Gasteiger partial charge < -0.3 is 29.6 Å². The highest BCUT2D eigenvalue weighted by atomic mass is 16.5. The third-order valence-corrected chi connectivity index (χ3v) is 9.72. The Morgan fingerprint density at radius 2 is 1.47 bits per heavy atom. The summed E-state index contributed by atoms with van der Waals surface area (Å²) in [6, 6.07) is 15.2. The van der Waals surface area contributed by atoms with E-state index in [1.807, 2.05) is 56.5 Å². The van der Waals surface area contributed by atoms with E-state index in [4.69, 9.17) is 24.7 Å². The first kappa shape index (κ1) is 40.5. The predicted octanol–water partition coefficient (Wildman–Crippen LogP) is 9.95. The van der Waals surface area contributed by atoms with Crippen LogP contribution in [0, 0.1) is 25.7 Å². The van der Waals surface area contributed by atoms with Gasteiger partial charge in [-0.15, -0.1) is 13.2 Å². The van der Waals surface area contributed by atoms with Crippen LogP contribution in [0.3, 0.4) is 0 Å². The Bertz CT molecular complexity index is 1840. The molecule has 2 unspecified atom stereocenters. The van der Waals surface area contributed by atoms with E-state index in [0.29, 0.717) is 65.6 Å². The number of Topliss-reactive ketones (excluding diaryl/α,β-unsaturated/α-hetero) is 1. The van der Waals surface area contributed by atoms with Crippen molar-refractivity contribution < 1.29 is 28.5 Å². The lowest BCUT2D eigenvalue weighted by atomic mass is 9.95. The van der Waals surface area contributed by atoms with E-state index >= 15 is 0 Å². The first-order chi connectivity index (χ1) is 25.4. The topological polar surface area (TPSA) is 100 Å². The number of carbonyl (C=O) groups excluding carboxylic acids is 2. The summed E-state index contributed by atoms with van der Waals surface area (Å²) in [5.41, 5.74) is 13.3. The smallest absolute Gasteiger partial charge is 0.258 e. The second kappa shape index (κ2) is 19.0. The summed E-state index contributed by atoms with van der Waals surface area (Å²) in [5, 5.41) is 0. The number of nitrogens with two attached hydrogens (primary N) is 1. The van der Waals surface area contributed by atoms with E-state index in [2.05, 4.69) is 45.2 Å². The van der Waals surface area contributed by atoms with Crippen LogP contribution in [0.15, 0.2) is 91.7 Å². The van der Waals surface area contributed by atoms with Crippen molar-refractivity contribution in [3.8, 4) is 23.0 Å². The lowest BCUT2D eigenvalue weighted by molar-refractivity contribution is 0.0805. The molecule has 0 saturated heterocycles. The Kier molecular flexibility index (Phi) is 14.5. The van der Waals surface area contributed by atoms with Gasteiger partial charge in [0.05, 0.1) is 33.5 Å². The number of hydrogen-bond acceptors (Lipinski definition) is 7. The summed E-state index contributed by atoms with van der Waals surface area (Å²) >= 11 is 0. The van der Waals surface area contributed by atoms with Gasteiger partial charge in [-0.25, -0.2) is 0 Å². The quantitative estimate of drug-likeness (QED) is 0.0681. The van der Waals surface area contributed by atoms with Gasteiger partial charge >= 0.3 is 0 Å². The number of amides is 1. The number of carbonyl (C=O) groups is 2. The SMILES string of the molecule is C=CC(C)C/C(=C\C)c1ccc(N)cc1.C=CC1CC(C2CC2)=CN1C(=O)c1cc(OC)c(OCCCOc2cc(C)c(C(C)=O)cc2OC)cc1C. The summed E-state index contributed by atoms with van der Waals surface area (Å²) < 4.78 is 22.9. The molecule has 8 nitrogen and oxygen atoms in total. The Balaban J connectivity index is 0.000000350. The first-order valence-corrected chi connectivity index (χ1v) is 18.4. The van der Waals surface area contributed by atoms with Gasteiger partial charge in [-0.1, -0.05) is 37.3 Å². The minimum absolute atomic E-state index is 0.0134. The van der Waals surface area contributed by atoms with Crippen LogP contribution in [0.4, 0.5) is 5.69 Å². The van der Waals surface area contributed by atoms with Crippen molar-refractivity contribution in [1.82, 2.24) is 4.90 Å². The van der Waals surface area contributed by atoms with E-state index in [-0.39, 0.29) is 17.7 Å². The first-order valence-electron chi connectivity index (χ1n) is 18.4. The molecule has 8 heteroatoms. The minimum Gasteiger partial charge on any atom is -0.493 e. The zero-order valence-electron chi connectivity index (χ0n) is 32.5. The number of nitrogen functional groups attached to an aromatic ring is 1. The number of allylic oxidation sites excluding steroid dienone is 3. The van der Waals surface area contributed by atoms with Gasteiger partial charge in [0.15, 0.2) is 28.8 Å². The number of aryl methyl sites for hydroxylation is 2. The number of methoxy groups -OCH3 is 2. The number of ether oxygens (including phenoxy) is 4. The summed E-state index contributed by atoms with van der Waals surface area (Å²) in [5.74, 6) is 3.26. The molecule has 1 saturated carbocycles. The monoisotopic (exact) mass is 720 g/mol. The molecule has 0 bridgehead atoms. The molecule has 3 aromatic rings. The summed E-state index contributed by atoms with van der Waals surface area (Å²) in [4.78, 5) is 27.1. The summed E-state index contributed by atoms with van der Waals surface area (Å²) in [6.07, 6.45) is 12.9. The highest BCUT2D eigenvalue weighted by Gasteiger charge is 2.36. The van der Waals surface area contributed by atoms with Crippen LogP contribution in [0.5, 0.6) is 23.0 Å². The van der Waals surface area contributed by atoms with Crippen molar-refractivity contribution >= 4 is 23.0 Å². The summed E-state index contributed by atoms with van der Waals surface area (Å²) in [6.45, 7) is 18.1. The normalized spacial score (nSPS) is 15.8. The van der Waals surface area contributed by atoms with Gasteiger partial charge in [0.25, 0.3) is 5.91 Å². The molecule has 3 aromatic carbocycles. The molecule has 5 rings (SSSR count). The molecular weight excluding hydrogens is 665 g/mol. The van der Waals surface area contributed by atoms with E-state index in [1.165, 1.54) is 36.5 Å². The number of benzene rings is 3. The van der Waals surface area contributed by atoms with Gasteiger partial charge in [-0.2, -0.15) is 0 Å². The standard InChI is InChI=1S/C31H37NO6.C14H19N/c1-7-24-15-23(22-9-10-22)18-32(24)31(34)26-17-28(36-6)30(14-20(26)3)38-12-8-11-37-29-13-19(2)25(21(4)33)16-27(29)35-5;1-4-11(3)10-12(5-2)13-6-8-14(15)9-7-13/h7,13-14,16-18,22,24H,1,8-12,15H2,2-6H3;4-9,11H,1,10,15H2,2-3H3/b;12-5+. The molecule has 0 aromatic heterocycles. The van der Waals surface area contributed by atoms with Crippen molar-refractivity contribution in [1.29, 1.82) is 0 Å². The van der Waals surface area contributed by atoms with Crippen molar-refractivity contribution in [3.63, 3.8) is 0 Å². The fourth-order valence-electron chi connectivity index (χ4n) is 6.37. The van der Waals surface area contributed by atoms with Crippen molar-refractivity contribution in [2.75, 3.05) is 33.2 Å². The molecule has 0 radical (unpaired) electrons. The molecule has 2 N–H and O–H groups in total. The van der Waals surface area contributed by atoms with Crippen molar-refractivity contribution in [3.05, 3.63) is 120 Å². The van der Waals surface area contributed by atoms with Crippen LogP contribution in [0.25, 0.3) is 5.57 Å². The van der Waals surface area contributed by atoms with Gasteiger partial charge in [0, 0.05) is 29.4 Å². The fourth-order valence-corrected chi connectivity index (χ4v) is 6.37. The number of nitrogens with zero attached hydrogens (tertiary/aromatic N) is 1. The maximum atomic E-state index is 13.5. The molecular formula is C45H56N2O6. The molecule has 282 valence electrons. The molecule has 0 spiro atoms. The maximum absolute atomic E-state index is 13.5. The average molecular weight is 721 g/mol.